The number of hydrogen-bond donors (Lipinski definition) is 1. The average Bonchev–Trinajstić information content (AvgIpc) is 3.50. The van der Waals surface area contributed by atoms with E-state index in [2.05, 4.69) is 39.4 Å². The summed E-state index contributed by atoms with van der Waals surface area (Å²) in [5, 5.41) is 7.25. The first-order valence-electron chi connectivity index (χ1n) is 11.5. The maximum atomic E-state index is 13.2. The number of amides is 2. The molecule has 1 saturated heterocycles. The smallest absolute Gasteiger partial charge is 0.261 e. The number of benzene rings is 2. The largest absolute Gasteiger partial charge is 0.341 e. The second-order valence-electron chi connectivity index (χ2n) is 8.99. The van der Waals surface area contributed by atoms with Crippen molar-refractivity contribution in [3.05, 3.63) is 83.2 Å². The minimum absolute atomic E-state index is 0.0732. The Morgan fingerprint density at radius 2 is 1.76 bits per heavy atom. The lowest BCUT2D eigenvalue weighted by Gasteiger charge is -2.34. The first-order valence-corrected chi connectivity index (χ1v) is 11.5. The first-order chi connectivity index (χ1) is 16.1. The third-order valence-electron chi connectivity index (χ3n) is 6.79. The summed E-state index contributed by atoms with van der Waals surface area (Å²) in [6.07, 6.45) is 3.45. The third-order valence-corrected chi connectivity index (χ3v) is 6.79. The number of aromatic nitrogens is 2. The van der Waals surface area contributed by atoms with Crippen molar-refractivity contribution in [1.82, 2.24) is 20.0 Å². The molecule has 170 valence electrons. The lowest BCUT2D eigenvalue weighted by Crippen LogP contribution is -2.44. The van der Waals surface area contributed by atoms with Crippen molar-refractivity contribution in [2.24, 2.45) is 0 Å². The van der Waals surface area contributed by atoms with E-state index >= 15 is 0 Å². The average molecular weight is 444 g/mol. The summed E-state index contributed by atoms with van der Waals surface area (Å²) in [7, 11) is 1.78. The fraction of sp³-hybridized carbons (Fsp3) is 0.346. The number of H-pyrrole nitrogens is 1. The van der Waals surface area contributed by atoms with Gasteiger partial charge in [0.05, 0.1) is 24.0 Å². The number of fused-ring (bicyclic) bond motifs is 1. The Morgan fingerprint density at radius 3 is 2.48 bits per heavy atom. The highest BCUT2D eigenvalue weighted by Gasteiger charge is 2.31. The summed E-state index contributed by atoms with van der Waals surface area (Å²) < 4.78 is 0. The summed E-state index contributed by atoms with van der Waals surface area (Å²) in [5.41, 5.74) is 4.86. The van der Waals surface area contributed by atoms with Gasteiger partial charge in [-0.3, -0.25) is 19.6 Å². The van der Waals surface area contributed by atoms with E-state index in [4.69, 9.17) is 0 Å². The van der Waals surface area contributed by atoms with E-state index in [9.17, 15) is 9.59 Å². The number of carbonyl (C=O) groups is 2. The Bertz CT molecular complexity index is 1120. The maximum Gasteiger partial charge on any atom is 0.261 e. The van der Waals surface area contributed by atoms with Crippen LogP contribution in [0.2, 0.25) is 0 Å². The molecule has 0 aliphatic carbocycles. The van der Waals surface area contributed by atoms with Crippen molar-refractivity contribution >= 4 is 17.5 Å². The summed E-state index contributed by atoms with van der Waals surface area (Å²) in [5.74, 6) is 0.133. The topological polar surface area (TPSA) is 72.5 Å². The van der Waals surface area contributed by atoms with Gasteiger partial charge < -0.3 is 9.80 Å². The predicted octanol–water partition coefficient (Wildman–Crippen LogP) is 3.41. The molecule has 0 radical (unpaired) electrons. The fourth-order valence-corrected chi connectivity index (χ4v) is 4.97. The van der Waals surface area contributed by atoms with Crippen molar-refractivity contribution in [2.75, 3.05) is 31.6 Å². The van der Waals surface area contributed by atoms with Crippen LogP contribution < -0.4 is 4.90 Å². The van der Waals surface area contributed by atoms with Crippen LogP contribution in [0.1, 0.15) is 45.9 Å². The molecule has 2 aliphatic rings. The molecule has 1 fully saturated rings. The number of nitrogens with zero attached hydrogens (tertiary/aromatic N) is 4. The van der Waals surface area contributed by atoms with E-state index in [1.54, 1.807) is 18.1 Å². The second kappa shape index (κ2) is 9.19. The van der Waals surface area contributed by atoms with Gasteiger partial charge >= 0.3 is 0 Å². The molecule has 1 atom stereocenters. The van der Waals surface area contributed by atoms with Gasteiger partial charge in [-0.2, -0.15) is 5.10 Å². The van der Waals surface area contributed by atoms with Crippen LogP contribution in [-0.2, 0) is 17.9 Å². The van der Waals surface area contributed by atoms with E-state index < -0.39 is 0 Å². The van der Waals surface area contributed by atoms with Crippen molar-refractivity contribution < 1.29 is 9.59 Å². The summed E-state index contributed by atoms with van der Waals surface area (Å²) in [4.78, 5) is 32.1. The summed E-state index contributed by atoms with van der Waals surface area (Å²) in [6, 6.07) is 18.0. The first kappa shape index (κ1) is 21.4. The van der Waals surface area contributed by atoms with Crippen LogP contribution in [0.4, 0.5) is 5.69 Å². The van der Waals surface area contributed by atoms with Gasteiger partial charge in [-0.1, -0.05) is 42.5 Å². The molecule has 2 aliphatic heterocycles. The Morgan fingerprint density at radius 1 is 1.06 bits per heavy atom. The zero-order valence-electron chi connectivity index (χ0n) is 18.9. The molecule has 3 heterocycles. The van der Waals surface area contributed by atoms with Crippen LogP contribution in [0.15, 0.2) is 60.8 Å². The number of piperidine rings is 1. The van der Waals surface area contributed by atoms with Gasteiger partial charge in [0.2, 0.25) is 5.91 Å². The molecule has 0 saturated carbocycles. The van der Waals surface area contributed by atoms with E-state index in [0.29, 0.717) is 18.7 Å². The molecule has 2 amide bonds. The van der Waals surface area contributed by atoms with Gasteiger partial charge in [0.25, 0.3) is 5.91 Å². The van der Waals surface area contributed by atoms with Crippen molar-refractivity contribution in [1.29, 1.82) is 0 Å². The number of hydrogen-bond acceptors (Lipinski definition) is 4. The van der Waals surface area contributed by atoms with Gasteiger partial charge in [0.1, 0.15) is 0 Å². The molecule has 0 unspecified atom stereocenters. The Hall–Kier alpha value is -3.45. The van der Waals surface area contributed by atoms with Crippen LogP contribution in [0.3, 0.4) is 0 Å². The zero-order valence-corrected chi connectivity index (χ0v) is 18.9. The lowest BCUT2D eigenvalue weighted by molar-refractivity contribution is -0.133. The van der Waals surface area contributed by atoms with Gasteiger partial charge in [-0.05, 0) is 36.1 Å². The van der Waals surface area contributed by atoms with Gasteiger partial charge in [0.15, 0.2) is 0 Å². The fourth-order valence-electron chi connectivity index (χ4n) is 4.97. The van der Waals surface area contributed by atoms with Gasteiger partial charge in [-0.15, -0.1) is 0 Å². The minimum atomic E-state index is -0.0942. The third kappa shape index (κ3) is 4.41. The Balaban J connectivity index is 1.25. The maximum absolute atomic E-state index is 13.2. The quantitative estimate of drug-likeness (QED) is 0.656. The highest BCUT2D eigenvalue weighted by molar-refractivity contribution is 6.06. The molecule has 7 nitrogen and oxygen atoms in total. The number of aromatic amines is 1. The van der Waals surface area contributed by atoms with E-state index in [1.807, 2.05) is 35.2 Å². The van der Waals surface area contributed by atoms with Crippen molar-refractivity contribution in [2.45, 2.75) is 31.8 Å². The SMILES string of the molecule is CN(C(=O)c1cn[nH]c1[C@H]1CCCN(C(=O)CN2Cc3ccccc3C2)C1)c1ccccc1. The summed E-state index contributed by atoms with van der Waals surface area (Å²) in [6.45, 7) is 3.44. The molecular formula is C26H29N5O2. The van der Waals surface area contributed by atoms with Crippen molar-refractivity contribution in [3.63, 3.8) is 0 Å². The van der Waals surface area contributed by atoms with E-state index in [0.717, 1.165) is 43.9 Å². The normalized spacial score (nSPS) is 18.2. The van der Waals surface area contributed by atoms with Crippen molar-refractivity contribution in [3.8, 4) is 0 Å². The molecule has 7 heteroatoms. The van der Waals surface area contributed by atoms with Crippen LogP contribution >= 0.6 is 0 Å². The van der Waals surface area contributed by atoms with Crippen LogP contribution in [0.25, 0.3) is 0 Å². The number of likely N-dealkylation sites (tertiary alicyclic amines) is 1. The molecule has 5 rings (SSSR count). The zero-order chi connectivity index (χ0) is 22.8. The van der Waals surface area contributed by atoms with Crippen LogP contribution in [-0.4, -0.2) is 58.5 Å². The number of para-hydroxylation sites is 1. The molecule has 33 heavy (non-hydrogen) atoms. The summed E-state index contributed by atoms with van der Waals surface area (Å²) >= 11 is 0. The van der Waals surface area contributed by atoms with E-state index in [-0.39, 0.29) is 17.7 Å². The standard InChI is InChI=1S/C26H29N5O2/c1-29(22-11-3-2-4-12-22)26(33)23-14-27-28-25(23)21-10-7-13-31(17-21)24(32)18-30-15-19-8-5-6-9-20(19)16-30/h2-6,8-9,11-12,14,21H,7,10,13,15-18H2,1H3,(H,27,28)/t21-/m0/s1. The van der Waals surface area contributed by atoms with Crippen LogP contribution in [0.5, 0.6) is 0 Å². The molecule has 2 aromatic carbocycles. The lowest BCUT2D eigenvalue weighted by atomic mass is 9.92. The molecule has 0 bridgehead atoms. The molecule has 0 spiro atoms. The number of anilines is 1. The van der Waals surface area contributed by atoms with Crippen LogP contribution in [0, 0.1) is 0 Å². The van der Waals surface area contributed by atoms with E-state index in [1.165, 1.54) is 11.1 Å². The number of carbonyl (C=O) groups excluding carboxylic acids is 2. The number of rotatable bonds is 5. The second-order valence-corrected chi connectivity index (χ2v) is 8.99. The molecular weight excluding hydrogens is 414 g/mol. The Kier molecular flexibility index (Phi) is 5.96. The monoisotopic (exact) mass is 443 g/mol. The Labute approximate surface area is 194 Å². The molecule has 1 N–H and O–H groups in total. The highest BCUT2D eigenvalue weighted by atomic mass is 16.2. The highest BCUT2D eigenvalue weighted by Crippen LogP contribution is 2.30. The van der Waals surface area contributed by atoms with Gasteiger partial charge in [-0.25, -0.2) is 0 Å². The van der Waals surface area contributed by atoms with Gasteiger partial charge in [0, 0.05) is 44.8 Å². The predicted molar refractivity (Wildman–Crippen MR) is 127 cm³/mol. The molecule has 1 aromatic heterocycles. The minimum Gasteiger partial charge on any atom is -0.341 e. The molecule has 3 aromatic rings. The number of nitrogens with one attached hydrogen (secondary N) is 1.